The van der Waals surface area contributed by atoms with Gasteiger partial charge in [-0.3, -0.25) is 0 Å². The fraction of sp³-hybridized carbons (Fsp3) is 1.00. The molecule has 18 heavy (non-hydrogen) atoms. The molecule has 6 atom stereocenters. The lowest BCUT2D eigenvalue weighted by molar-refractivity contribution is 0.00743. The summed E-state index contributed by atoms with van der Waals surface area (Å²) in [5.74, 6) is 6.65. The molecule has 0 nitrogen and oxygen atoms in total. The van der Waals surface area contributed by atoms with E-state index in [2.05, 4.69) is 13.8 Å². The molecule has 0 spiro atoms. The first-order chi connectivity index (χ1) is 8.81. The van der Waals surface area contributed by atoms with Crippen LogP contribution in [0.2, 0.25) is 0 Å². The number of hydrogen-bond donors (Lipinski definition) is 0. The van der Waals surface area contributed by atoms with E-state index in [4.69, 9.17) is 0 Å². The standard InChI is InChI=1S/C18H32/c1-3-13-9-17-11-15-7-5-6-8-16(15)12-18(17)10-14(13)4-2/h13-18H,3-12H2,1-2H3. The molecule has 0 aromatic carbocycles. The van der Waals surface area contributed by atoms with Crippen LogP contribution in [-0.4, -0.2) is 0 Å². The van der Waals surface area contributed by atoms with Crippen molar-refractivity contribution in [3.8, 4) is 0 Å². The zero-order chi connectivity index (χ0) is 12.5. The highest BCUT2D eigenvalue weighted by atomic mass is 14.5. The topological polar surface area (TPSA) is 0 Å². The van der Waals surface area contributed by atoms with E-state index < -0.39 is 0 Å². The van der Waals surface area contributed by atoms with Crippen LogP contribution < -0.4 is 0 Å². The van der Waals surface area contributed by atoms with Crippen LogP contribution in [0.1, 0.15) is 78.1 Å². The Hall–Kier alpha value is 0. The van der Waals surface area contributed by atoms with E-state index in [0.717, 1.165) is 35.5 Å². The van der Waals surface area contributed by atoms with Gasteiger partial charge < -0.3 is 0 Å². The third-order valence-electron chi connectivity index (χ3n) is 6.87. The van der Waals surface area contributed by atoms with Crippen molar-refractivity contribution in [2.24, 2.45) is 35.5 Å². The number of fused-ring (bicyclic) bond motifs is 2. The summed E-state index contributed by atoms with van der Waals surface area (Å²) in [6.45, 7) is 4.86. The molecule has 6 unspecified atom stereocenters. The van der Waals surface area contributed by atoms with Gasteiger partial charge >= 0.3 is 0 Å². The predicted octanol–water partition coefficient (Wildman–Crippen LogP) is 5.67. The Morgan fingerprint density at radius 1 is 0.611 bits per heavy atom. The maximum absolute atomic E-state index is 2.43. The van der Waals surface area contributed by atoms with Crippen LogP contribution in [0, 0.1) is 35.5 Å². The molecular formula is C18H32. The zero-order valence-electron chi connectivity index (χ0n) is 12.5. The molecule has 3 rings (SSSR count). The van der Waals surface area contributed by atoms with Crippen molar-refractivity contribution in [1.82, 2.24) is 0 Å². The lowest BCUT2D eigenvalue weighted by Gasteiger charge is -2.50. The molecule has 0 aliphatic heterocycles. The van der Waals surface area contributed by atoms with Crippen LogP contribution in [0.5, 0.6) is 0 Å². The van der Waals surface area contributed by atoms with Crippen LogP contribution in [0.3, 0.4) is 0 Å². The first kappa shape index (κ1) is 13.0. The molecular weight excluding hydrogens is 216 g/mol. The number of hydrogen-bond acceptors (Lipinski definition) is 0. The van der Waals surface area contributed by atoms with Gasteiger partial charge in [0.05, 0.1) is 0 Å². The molecule has 0 heterocycles. The van der Waals surface area contributed by atoms with E-state index in [1.54, 1.807) is 38.5 Å². The third kappa shape index (κ3) is 2.37. The zero-order valence-corrected chi connectivity index (χ0v) is 12.5. The summed E-state index contributed by atoms with van der Waals surface area (Å²) in [6.07, 6.45) is 15.5. The first-order valence-corrected chi connectivity index (χ1v) is 8.81. The van der Waals surface area contributed by atoms with Crippen LogP contribution in [-0.2, 0) is 0 Å². The van der Waals surface area contributed by atoms with E-state index in [1.165, 1.54) is 25.7 Å². The molecule has 104 valence electrons. The van der Waals surface area contributed by atoms with Gasteiger partial charge in [-0.05, 0) is 61.2 Å². The summed E-state index contributed by atoms with van der Waals surface area (Å²) in [5.41, 5.74) is 0. The molecule has 3 saturated carbocycles. The molecule has 0 saturated heterocycles. The molecule has 0 radical (unpaired) electrons. The summed E-state index contributed by atoms with van der Waals surface area (Å²) in [6, 6.07) is 0. The summed E-state index contributed by atoms with van der Waals surface area (Å²) >= 11 is 0. The van der Waals surface area contributed by atoms with Crippen molar-refractivity contribution in [2.75, 3.05) is 0 Å². The highest BCUT2D eigenvalue weighted by molar-refractivity contribution is 4.93. The van der Waals surface area contributed by atoms with Gasteiger partial charge in [0.2, 0.25) is 0 Å². The van der Waals surface area contributed by atoms with Crippen LogP contribution in [0.15, 0.2) is 0 Å². The summed E-state index contributed by atoms with van der Waals surface area (Å²) in [7, 11) is 0. The second kappa shape index (κ2) is 5.55. The lowest BCUT2D eigenvalue weighted by atomic mass is 9.56. The van der Waals surface area contributed by atoms with Gasteiger partial charge in [0.1, 0.15) is 0 Å². The quantitative estimate of drug-likeness (QED) is 0.591. The average molecular weight is 248 g/mol. The van der Waals surface area contributed by atoms with Crippen LogP contribution in [0.4, 0.5) is 0 Å². The molecule has 0 aromatic rings. The van der Waals surface area contributed by atoms with Crippen molar-refractivity contribution < 1.29 is 0 Å². The molecule has 0 amide bonds. The van der Waals surface area contributed by atoms with Gasteiger partial charge in [-0.2, -0.15) is 0 Å². The highest BCUT2D eigenvalue weighted by Crippen LogP contribution is 2.53. The minimum atomic E-state index is 1.07. The van der Waals surface area contributed by atoms with Crippen molar-refractivity contribution in [3.63, 3.8) is 0 Å². The molecule has 3 aliphatic carbocycles. The predicted molar refractivity (Wildman–Crippen MR) is 78.5 cm³/mol. The molecule has 0 aromatic heterocycles. The van der Waals surface area contributed by atoms with E-state index in [0.29, 0.717) is 0 Å². The molecule has 0 bridgehead atoms. The largest absolute Gasteiger partial charge is 0.0651 e. The molecule has 3 aliphatic rings. The summed E-state index contributed by atoms with van der Waals surface area (Å²) in [5, 5.41) is 0. The Balaban J connectivity index is 1.67. The van der Waals surface area contributed by atoms with Crippen molar-refractivity contribution in [3.05, 3.63) is 0 Å². The minimum absolute atomic E-state index is 1.07. The second-order valence-electron chi connectivity index (χ2n) is 7.60. The van der Waals surface area contributed by atoms with Gasteiger partial charge in [-0.1, -0.05) is 52.4 Å². The third-order valence-corrected chi connectivity index (χ3v) is 6.87. The van der Waals surface area contributed by atoms with E-state index in [9.17, 15) is 0 Å². The van der Waals surface area contributed by atoms with E-state index in [1.807, 2.05) is 0 Å². The van der Waals surface area contributed by atoms with Gasteiger partial charge in [0.25, 0.3) is 0 Å². The molecule has 0 N–H and O–H groups in total. The maximum atomic E-state index is 2.43. The second-order valence-corrected chi connectivity index (χ2v) is 7.60. The van der Waals surface area contributed by atoms with Crippen molar-refractivity contribution in [2.45, 2.75) is 78.1 Å². The average Bonchev–Trinajstić information content (AvgIpc) is 2.43. The molecule has 3 fully saturated rings. The Bertz CT molecular complexity index is 229. The minimum Gasteiger partial charge on any atom is -0.0651 e. The number of rotatable bonds is 2. The van der Waals surface area contributed by atoms with Gasteiger partial charge in [-0.25, -0.2) is 0 Å². The highest BCUT2D eigenvalue weighted by Gasteiger charge is 2.42. The fourth-order valence-corrected chi connectivity index (χ4v) is 5.81. The van der Waals surface area contributed by atoms with Gasteiger partial charge in [0.15, 0.2) is 0 Å². The Labute approximate surface area is 114 Å². The summed E-state index contributed by atoms with van der Waals surface area (Å²) in [4.78, 5) is 0. The normalized spacial score (nSPS) is 48.3. The maximum Gasteiger partial charge on any atom is -0.0380 e. The van der Waals surface area contributed by atoms with E-state index >= 15 is 0 Å². The van der Waals surface area contributed by atoms with Crippen molar-refractivity contribution >= 4 is 0 Å². The van der Waals surface area contributed by atoms with Crippen molar-refractivity contribution in [1.29, 1.82) is 0 Å². The Morgan fingerprint density at radius 2 is 1.06 bits per heavy atom. The van der Waals surface area contributed by atoms with Crippen LogP contribution in [0.25, 0.3) is 0 Å². The van der Waals surface area contributed by atoms with Gasteiger partial charge in [0, 0.05) is 0 Å². The summed E-state index contributed by atoms with van der Waals surface area (Å²) < 4.78 is 0. The smallest absolute Gasteiger partial charge is 0.0380 e. The first-order valence-electron chi connectivity index (χ1n) is 8.81. The SMILES string of the molecule is CCC1CC2CC3CCCCC3CC2CC1CC. The lowest BCUT2D eigenvalue weighted by Crippen LogP contribution is -2.40. The van der Waals surface area contributed by atoms with E-state index in [-0.39, 0.29) is 0 Å². The Kier molecular flexibility index (Phi) is 4.01. The fourth-order valence-electron chi connectivity index (χ4n) is 5.81. The monoisotopic (exact) mass is 248 g/mol. The molecule has 0 heteroatoms. The van der Waals surface area contributed by atoms with Crippen LogP contribution >= 0.6 is 0 Å². The van der Waals surface area contributed by atoms with Gasteiger partial charge in [-0.15, -0.1) is 0 Å². The Morgan fingerprint density at radius 3 is 1.44 bits per heavy atom.